The zero-order chi connectivity index (χ0) is 14.2. The second-order valence-electron chi connectivity index (χ2n) is 5.57. The number of benzene rings is 1. The Morgan fingerprint density at radius 3 is 2.86 bits per heavy atom. The number of rotatable bonds is 2. The normalized spacial score (nSPS) is 18.4. The van der Waals surface area contributed by atoms with Crippen LogP contribution < -0.4 is 0 Å². The third kappa shape index (κ3) is 2.12. The minimum absolute atomic E-state index is 0.363. The highest BCUT2D eigenvalue weighted by atomic mass is 16.5. The highest BCUT2D eigenvalue weighted by molar-refractivity contribution is 5.84. The molecule has 0 aliphatic carbocycles. The summed E-state index contributed by atoms with van der Waals surface area (Å²) in [5.74, 6) is 0.363. The van der Waals surface area contributed by atoms with E-state index in [4.69, 9.17) is 9.72 Å². The maximum absolute atomic E-state index is 5.55. The van der Waals surface area contributed by atoms with Crippen LogP contribution in [0.3, 0.4) is 0 Å². The number of nitrogens with zero attached hydrogens (tertiary/aromatic N) is 2. The van der Waals surface area contributed by atoms with Crippen molar-refractivity contribution in [3.8, 4) is 11.1 Å². The molecule has 0 spiro atoms. The number of H-pyrrole nitrogens is 1. The van der Waals surface area contributed by atoms with Crippen LogP contribution in [0.4, 0.5) is 0 Å². The summed E-state index contributed by atoms with van der Waals surface area (Å²) in [6, 6.07) is 12.7. The van der Waals surface area contributed by atoms with Gasteiger partial charge in [-0.25, -0.2) is 4.98 Å². The van der Waals surface area contributed by atoms with Gasteiger partial charge in [0.25, 0.3) is 0 Å². The van der Waals surface area contributed by atoms with Gasteiger partial charge in [-0.2, -0.15) is 5.10 Å². The van der Waals surface area contributed by atoms with Crippen LogP contribution in [-0.2, 0) is 4.74 Å². The molecule has 0 radical (unpaired) electrons. The average molecular weight is 279 g/mol. The fraction of sp³-hybridized carbons (Fsp3) is 0.294. The number of aromatic amines is 1. The molecular formula is C17H17N3O. The molecule has 0 amide bonds. The van der Waals surface area contributed by atoms with Gasteiger partial charge in [-0.3, -0.25) is 5.10 Å². The van der Waals surface area contributed by atoms with Crippen LogP contribution in [0, 0.1) is 6.92 Å². The Morgan fingerprint density at radius 2 is 2.10 bits per heavy atom. The van der Waals surface area contributed by atoms with E-state index in [2.05, 4.69) is 40.5 Å². The summed E-state index contributed by atoms with van der Waals surface area (Å²) in [6.45, 7) is 3.60. The van der Waals surface area contributed by atoms with Crippen LogP contribution >= 0.6 is 0 Å². The van der Waals surface area contributed by atoms with Crippen LogP contribution in [0.25, 0.3) is 22.2 Å². The Morgan fingerprint density at radius 1 is 1.24 bits per heavy atom. The van der Waals surface area contributed by atoms with Gasteiger partial charge in [-0.15, -0.1) is 0 Å². The van der Waals surface area contributed by atoms with E-state index in [1.165, 1.54) is 11.1 Å². The molecule has 1 N–H and O–H groups in total. The van der Waals surface area contributed by atoms with Gasteiger partial charge >= 0.3 is 0 Å². The smallest absolute Gasteiger partial charge is 0.181 e. The highest BCUT2D eigenvalue weighted by Gasteiger charge is 2.24. The summed E-state index contributed by atoms with van der Waals surface area (Å²) < 4.78 is 5.55. The minimum atomic E-state index is 0.363. The molecule has 1 aliphatic rings. The van der Waals surface area contributed by atoms with Crippen molar-refractivity contribution in [1.29, 1.82) is 0 Å². The van der Waals surface area contributed by atoms with Gasteiger partial charge in [0.1, 0.15) is 0 Å². The number of ether oxygens (including phenoxy) is 1. The lowest BCUT2D eigenvalue weighted by Gasteiger charge is -2.13. The van der Waals surface area contributed by atoms with Gasteiger partial charge in [0, 0.05) is 29.2 Å². The molecule has 3 heterocycles. The molecule has 1 saturated heterocycles. The second-order valence-corrected chi connectivity index (χ2v) is 5.57. The van der Waals surface area contributed by atoms with Crippen LogP contribution in [0.15, 0.2) is 36.4 Å². The average Bonchev–Trinajstić information content (AvgIpc) is 3.17. The van der Waals surface area contributed by atoms with Gasteiger partial charge in [0.15, 0.2) is 5.65 Å². The molecule has 1 aromatic carbocycles. The second kappa shape index (κ2) is 4.97. The van der Waals surface area contributed by atoms with E-state index in [1.807, 2.05) is 13.0 Å². The maximum atomic E-state index is 5.55. The number of aryl methyl sites for hydroxylation is 1. The van der Waals surface area contributed by atoms with Crippen LogP contribution in [0.5, 0.6) is 0 Å². The Labute approximate surface area is 123 Å². The van der Waals surface area contributed by atoms with E-state index in [1.54, 1.807) is 0 Å². The lowest BCUT2D eigenvalue weighted by atomic mass is 9.94. The first-order valence-electron chi connectivity index (χ1n) is 7.31. The zero-order valence-corrected chi connectivity index (χ0v) is 12.0. The number of fused-ring (bicyclic) bond motifs is 1. The molecule has 106 valence electrons. The zero-order valence-electron chi connectivity index (χ0n) is 12.0. The lowest BCUT2D eigenvalue weighted by molar-refractivity contribution is 0.193. The van der Waals surface area contributed by atoms with Gasteiger partial charge in [-0.05, 0) is 25.0 Å². The molecule has 4 heteroatoms. The number of pyridine rings is 1. The molecule has 0 unspecified atom stereocenters. The van der Waals surface area contributed by atoms with E-state index in [0.29, 0.717) is 5.92 Å². The van der Waals surface area contributed by atoms with Gasteiger partial charge in [0.05, 0.1) is 12.3 Å². The molecule has 4 nitrogen and oxygen atoms in total. The van der Waals surface area contributed by atoms with Crippen molar-refractivity contribution in [1.82, 2.24) is 15.2 Å². The Hall–Kier alpha value is -2.20. The predicted molar refractivity (Wildman–Crippen MR) is 82.2 cm³/mol. The van der Waals surface area contributed by atoms with Crippen molar-refractivity contribution in [2.75, 3.05) is 13.2 Å². The molecule has 0 bridgehead atoms. The molecule has 3 aromatic rings. The Bertz CT molecular complexity index is 773. The summed E-state index contributed by atoms with van der Waals surface area (Å²) in [7, 11) is 0. The third-order valence-electron chi connectivity index (χ3n) is 4.17. The van der Waals surface area contributed by atoms with Crippen molar-refractivity contribution in [2.45, 2.75) is 19.3 Å². The Balaban J connectivity index is 1.96. The van der Waals surface area contributed by atoms with Crippen LogP contribution in [0.1, 0.15) is 23.7 Å². The van der Waals surface area contributed by atoms with E-state index < -0.39 is 0 Å². The molecule has 1 atom stereocenters. The third-order valence-corrected chi connectivity index (χ3v) is 4.17. The summed E-state index contributed by atoms with van der Waals surface area (Å²) in [5.41, 5.74) is 5.37. The summed E-state index contributed by atoms with van der Waals surface area (Å²) in [4.78, 5) is 4.83. The first-order chi connectivity index (χ1) is 10.3. The van der Waals surface area contributed by atoms with E-state index in [0.717, 1.165) is 42.1 Å². The lowest BCUT2D eigenvalue weighted by Crippen LogP contribution is -2.04. The van der Waals surface area contributed by atoms with Gasteiger partial charge < -0.3 is 4.74 Å². The maximum Gasteiger partial charge on any atom is 0.181 e. The fourth-order valence-corrected chi connectivity index (χ4v) is 2.99. The van der Waals surface area contributed by atoms with Crippen molar-refractivity contribution in [2.24, 2.45) is 0 Å². The molecule has 4 rings (SSSR count). The molecule has 1 fully saturated rings. The first-order valence-corrected chi connectivity index (χ1v) is 7.31. The molecule has 2 aromatic heterocycles. The number of nitrogens with one attached hydrogen (secondary N) is 1. The van der Waals surface area contributed by atoms with Crippen LogP contribution in [-0.4, -0.2) is 28.4 Å². The SMILES string of the molecule is Cc1[nH]nc2nc([C@@H]3CCOC3)c(-c3ccccc3)cc12. The number of hydrogen-bond donors (Lipinski definition) is 1. The van der Waals surface area contributed by atoms with E-state index in [9.17, 15) is 0 Å². The highest BCUT2D eigenvalue weighted by Crippen LogP contribution is 2.34. The van der Waals surface area contributed by atoms with Crippen molar-refractivity contribution >= 4 is 11.0 Å². The molecule has 1 aliphatic heterocycles. The minimum Gasteiger partial charge on any atom is -0.381 e. The number of hydrogen-bond acceptors (Lipinski definition) is 3. The molecular weight excluding hydrogens is 262 g/mol. The van der Waals surface area contributed by atoms with Crippen LogP contribution in [0.2, 0.25) is 0 Å². The van der Waals surface area contributed by atoms with Crippen molar-refractivity contribution in [3.05, 3.63) is 47.8 Å². The van der Waals surface area contributed by atoms with Crippen molar-refractivity contribution in [3.63, 3.8) is 0 Å². The summed E-state index contributed by atoms with van der Waals surface area (Å²) >= 11 is 0. The summed E-state index contributed by atoms with van der Waals surface area (Å²) in [5, 5.41) is 8.43. The fourth-order valence-electron chi connectivity index (χ4n) is 2.99. The largest absolute Gasteiger partial charge is 0.381 e. The van der Waals surface area contributed by atoms with E-state index in [-0.39, 0.29) is 0 Å². The Kier molecular flexibility index (Phi) is 2.97. The van der Waals surface area contributed by atoms with Crippen molar-refractivity contribution < 1.29 is 4.74 Å². The molecule has 0 saturated carbocycles. The monoisotopic (exact) mass is 279 g/mol. The first kappa shape index (κ1) is 12.5. The van der Waals surface area contributed by atoms with Gasteiger partial charge in [-0.1, -0.05) is 30.3 Å². The van der Waals surface area contributed by atoms with Gasteiger partial charge in [0.2, 0.25) is 0 Å². The summed E-state index contributed by atoms with van der Waals surface area (Å²) in [6.07, 6.45) is 1.03. The van der Waals surface area contributed by atoms with E-state index >= 15 is 0 Å². The molecule has 21 heavy (non-hydrogen) atoms. The topological polar surface area (TPSA) is 50.8 Å². The predicted octanol–water partition coefficient (Wildman–Crippen LogP) is 3.44. The number of aromatic nitrogens is 3. The standard InChI is InChI=1S/C17H17N3O/c1-11-14-9-15(12-5-3-2-4-6-12)16(13-7-8-21-10-13)18-17(14)20-19-11/h2-6,9,13H,7-8,10H2,1H3,(H,18,19,20)/t13-/m1/s1. The quantitative estimate of drug-likeness (QED) is 0.781.